The number of nitrogens with two attached hydrogens (primary N) is 5. The molecule has 2 aromatic rings. The van der Waals surface area contributed by atoms with Crippen LogP contribution in [-0.4, -0.2) is 26.2 Å². The summed E-state index contributed by atoms with van der Waals surface area (Å²) in [5, 5.41) is 0. The highest BCUT2D eigenvalue weighted by Crippen LogP contribution is 2.37. The van der Waals surface area contributed by atoms with Gasteiger partial charge in [0.25, 0.3) is 0 Å². The van der Waals surface area contributed by atoms with Gasteiger partial charge in [0.05, 0.1) is 0 Å². The van der Waals surface area contributed by atoms with Crippen LogP contribution in [0.1, 0.15) is 27.8 Å². The zero-order chi connectivity index (χ0) is 19.1. The molecule has 0 saturated heterocycles. The maximum Gasteiger partial charge on any atom is 0.0319 e. The summed E-state index contributed by atoms with van der Waals surface area (Å²) in [5.74, 6) is 0. The van der Waals surface area contributed by atoms with Crippen molar-refractivity contribution in [2.24, 2.45) is 22.9 Å². The average Bonchev–Trinajstić information content (AvgIpc) is 2.57. The van der Waals surface area contributed by atoms with Gasteiger partial charge in [-0.3, -0.25) is 0 Å². The standard InChI is InChI=1S/C21H33N5/c1-14-10-15(2-6-22)20(16(11-14)3-7-23)21-17(4-8-24)12-19(26)13-18(21)5-9-25/h10-13H,2-9,22-26H2,1H3. The molecule has 142 valence electrons. The summed E-state index contributed by atoms with van der Waals surface area (Å²) >= 11 is 0. The van der Waals surface area contributed by atoms with E-state index in [4.69, 9.17) is 28.7 Å². The number of nitrogen functional groups attached to an aromatic ring is 1. The largest absolute Gasteiger partial charge is 0.399 e. The molecule has 0 unspecified atom stereocenters. The fourth-order valence-electron chi connectivity index (χ4n) is 3.79. The predicted molar refractivity (Wildman–Crippen MR) is 112 cm³/mol. The fraction of sp³-hybridized carbons (Fsp3) is 0.429. The van der Waals surface area contributed by atoms with Gasteiger partial charge in [-0.15, -0.1) is 0 Å². The second kappa shape index (κ2) is 9.69. The lowest BCUT2D eigenvalue weighted by Crippen LogP contribution is -2.14. The molecular formula is C21H33N5. The Morgan fingerprint density at radius 3 is 1.19 bits per heavy atom. The molecular weight excluding hydrogens is 322 g/mol. The summed E-state index contributed by atoms with van der Waals surface area (Å²) < 4.78 is 0. The molecule has 0 aliphatic carbocycles. The molecule has 0 aliphatic heterocycles. The van der Waals surface area contributed by atoms with Crippen molar-refractivity contribution in [3.05, 3.63) is 52.1 Å². The molecule has 0 bridgehead atoms. The first-order valence-electron chi connectivity index (χ1n) is 9.40. The Morgan fingerprint density at radius 2 is 0.885 bits per heavy atom. The van der Waals surface area contributed by atoms with E-state index in [9.17, 15) is 0 Å². The normalized spacial score (nSPS) is 11.1. The van der Waals surface area contributed by atoms with Crippen molar-refractivity contribution < 1.29 is 0 Å². The SMILES string of the molecule is Cc1cc(CCN)c(-c2c(CCN)cc(N)cc2CCN)c(CCN)c1. The Kier molecular flexibility index (Phi) is 7.60. The molecule has 0 amide bonds. The van der Waals surface area contributed by atoms with Crippen LogP contribution in [0.3, 0.4) is 0 Å². The minimum absolute atomic E-state index is 0.572. The van der Waals surface area contributed by atoms with Crippen LogP contribution in [0, 0.1) is 6.92 Å². The monoisotopic (exact) mass is 355 g/mol. The van der Waals surface area contributed by atoms with Gasteiger partial charge in [0.2, 0.25) is 0 Å². The third kappa shape index (κ3) is 4.62. The highest BCUT2D eigenvalue weighted by Gasteiger charge is 2.18. The Labute approximate surface area is 156 Å². The van der Waals surface area contributed by atoms with Gasteiger partial charge in [-0.25, -0.2) is 0 Å². The summed E-state index contributed by atoms with van der Waals surface area (Å²) in [6, 6.07) is 8.55. The Balaban J connectivity index is 2.83. The second-order valence-electron chi connectivity index (χ2n) is 6.83. The van der Waals surface area contributed by atoms with E-state index < -0.39 is 0 Å². The van der Waals surface area contributed by atoms with E-state index in [2.05, 4.69) is 19.1 Å². The lowest BCUT2D eigenvalue weighted by atomic mass is 9.83. The van der Waals surface area contributed by atoms with Gasteiger partial charge in [0.1, 0.15) is 0 Å². The van der Waals surface area contributed by atoms with Gasteiger partial charge >= 0.3 is 0 Å². The topological polar surface area (TPSA) is 130 Å². The van der Waals surface area contributed by atoms with Crippen molar-refractivity contribution in [2.75, 3.05) is 31.9 Å². The Bertz CT molecular complexity index is 622. The number of anilines is 1. The van der Waals surface area contributed by atoms with E-state index >= 15 is 0 Å². The van der Waals surface area contributed by atoms with Gasteiger partial charge in [-0.1, -0.05) is 17.7 Å². The first-order valence-corrected chi connectivity index (χ1v) is 9.40. The number of hydrogen-bond donors (Lipinski definition) is 5. The van der Waals surface area contributed by atoms with Crippen LogP contribution in [0.15, 0.2) is 24.3 Å². The van der Waals surface area contributed by atoms with E-state index in [0.717, 1.165) is 31.4 Å². The fourth-order valence-corrected chi connectivity index (χ4v) is 3.79. The van der Waals surface area contributed by atoms with Gasteiger partial charge in [-0.2, -0.15) is 0 Å². The molecule has 5 heteroatoms. The summed E-state index contributed by atoms with van der Waals surface area (Å²) in [7, 11) is 0. The summed E-state index contributed by atoms with van der Waals surface area (Å²) in [6.07, 6.45) is 3.19. The lowest BCUT2D eigenvalue weighted by molar-refractivity contribution is 0.922. The van der Waals surface area contributed by atoms with Crippen molar-refractivity contribution in [1.29, 1.82) is 0 Å². The number of benzene rings is 2. The van der Waals surface area contributed by atoms with Crippen LogP contribution in [-0.2, 0) is 25.7 Å². The van der Waals surface area contributed by atoms with Crippen molar-refractivity contribution in [1.82, 2.24) is 0 Å². The molecule has 0 spiro atoms. The summed E-state index contributed by atoms with van der Waals surface area (Å²) in [5.41, 5.74) is 39.1. The van der Waals surface area contributed by atoms with E-state index in [1.54, 1.807) is 0 Å². The molecule has 0 heterocycles. The van der Waals surface area contributed by atoms with E-state index in [1.807, 2.05) is 12.1 Å². The smallest absolute Gasteiger partial charge is 0.0319 e. The highest BCUT2D eigenvalue weighted by atomic mass is 14.6. The average molecular weight is 356 g/mol. The minimum atomic E-state index is 0.572. The Morgan fingerprint density at radius 1 is 0.577 bits per heavy atom. The Hall–Kier alpha value is -1.92. The summed E-state index contributed by atoms with van der Waals surface area (Å²) in [6.45, 7) is 4.47. The third-order valence-electron chi connectivity index (χ3n) is 4.67. The molecule has 26 heavy (non-hydrogen) atoms. The van der Waals surface area contributed by atoms with Crippen LogP contribution in [0.25, 0.3) is 11.1 Å². The zero-order valence-corrected chi connectivity index (χ0v) is 15.9. The van der Waals surface area contributed by atoms with Gasteiger partial charge in [-0.05, 0) is 104 Å². The molecule has 0 aliphatic rings. The molecule has 2 aromatic carbocycles. The van der Waals surface area contributed by atoms with Crippen molar-refractivity contribution >= 4 is 5.69 Å². The third-order valence-corrected chi connectivity index (χ3v) is 4.67. The minimum Gasteiger partial charge on any atom is -0.399 e. The van der Waals surface area contributed by atoms with Crippen molar-refractivity contribution in [3.63, 3.8) is 0 Å². The summed E-state index contributed by atoms with van der Waals surface area (Å²) in [4.78, 5) is 0. The lowest BCUT2D eigenvalue weighted by Gasteiger charge is -2.22. The molecule has 10 N–H and O–H groups in total. The van der Waals surface area contributed by atoms with Gasteiger partial charge < -0.3 is 28.7 Å². The second-order valence-corrected chi connectivity index (χ2v) is 6.83. The predicted octanol–water partition coefficient (Wildman–Crippen LogP) is 1.25. The zero-order valence-electron chi connectivity index (χ0n) is 15.9. The molecule has 0 fully saturated rings. The van der Waals surface area contributed by atoms with Crippen molar-refractivity contribution in [2.45, 2.75) is 32.6 Å². The maximum atomic E-state index is 6.16. The van der Waals surface area contributed by atoms with E-state index in [-0.39, 0.29) is 0 Å². The highest BCUT2D eigenvalue weighted by molar-refractivity contribution is 5.79. The molecule has 0 atom stereocenters. The van der Waals surface area contributed by atoms with Crippen LogP contribution < -0.4 is 28.7 Å². The number of aryl methyl sites for hydroxylation is 1. The molecule has 0 aromatic heterocycles. The maximum absolute atomic E-state index is 6.16. The van der Waals surface area contributed by atoms with Crippen LogP contribution >= 0.6 is 0 Å². The number of hydrogen-bond acceptors (Lipinski definition) is 5. The first-order chi connectivity index (χ1) is 12.5. The van der Waals surface area contributed by atoms with Crippen LogP contribution in [0.2, 0.25) is 0 Å². The van der Waals surface area contributed by atoms with Crippen LogP contribution in [0.4, 0.5) is 5.69 Å². The quantitative estimate of drug-likeness (QED) is 0.432. The van der Waals surface area contributed by atoms with E-state index in [0.29, 0.717) is 26.2 Å². The first kappa shape index (κ1) is 20.4. The molecule has 0 saturated carbocycles. The van der Waals surface area contributed by atoms with E-state index in [1.165, 1.54) is 38.9 Å². The molecule has 0 radical (unpaired) electrons. The molecule has 5 nitrogen and oxygen atoms in total. The van der Waals surface area contributed by atoms with Crippen molar-refractivity contribution in [3.8, 4) is 11.1 Å². The molecule has 2 rings (SSSR count). The number of rotatable bonds is 9. The van der Waals surface area contributed by atoms with Crippen LogP contribution in [0.5, 0.6) is 0 Å². The van der Waals surface area contributed by atoms with Gasteiger partial charge in [0, 0.05) is 5.69 Å². The van der Waals surface area contributed by atoms with Gasteiger partial charge in [0.15, 0.2) is 0 Å².